The number of halogens is 1. The second kappa shape index (κ2) is 3.85. The van der Waals surface area contributed by atoms with Gasteiger partial charge < -0.3 is 4.98 Å². The van der Waals surface area contributed by atoms with Crippen molar-refractivity contribution in [2.75, 3.05) is 0 Å². The van der Waals surface area contributed by atoms with Crippen molar-refractivity contribution >= 4 is 27.0 Å². The molecule has 0 aliphatic heterocycles. The molecule has 5 heteroatoms. The topological polar surface area (TPSA) is 50.7 Å². The number of rotatable bonds is 1. The van der Waals surface area contributed by atoms with Gasteiger partial charge in [0.15, 0.2) is 0 Å². The van der Waals surface area contributed by atoms with E-state index in [9.17, 15) is 4.79 Å². The predicted molar refractivity (Wildman–Crippen MR) is 69.4 cm³/mol. The summed E-state index contributed by atoms with van der Waals surface area (Å²) in [7, 11) is 0. The number of benzene rings is 1. The van der Waals surface area contributed by atoms with Crippen LogP contribution < -0.4 is 5.69 Å². The first-order valence-corrected chi connectivity index (χ1v) is 5.86. The van der Waals surface area contributed by atoms with Crippen molar-refractivity contribution in [2.45, 2.75) is 0 Å². The molecule has 17 heavy (non-hydrogen) atoms. The van der Waals surface area contributed by atoms with Crippen LogP contribution in [-0.4, -0.2) is 14.5 Å². The fraction of sp³-hybridized carbons (Fsp3) is 0. The summed E-state index contributed by atoms with van der Waals surface area (Å²) in [6.45, 7) is 0. The number of H-pyrrole nitrogens is 1. The summed E-state index contributed by atoms with van der Waals surface area (Å²) in [5, 5.41) is 0. The summed E-state index contributed by atoms with van der Waals surface area (Å²) >= 11 is 3.38. The van der Waals surface area contributed by atoms with Crippen LogP contribution in [0, 0.1) is 0 Å². The Kier molecular flexibility index (Phi) is 2.33. The first-order chi connectivity index (χ1) is 8.25. The highest BCUT2D eigenvalue weighted by Crippen LogP contribution is 2.19. The molecule has 1 N–H and O–H groups in total. The Hall–Kier alpha value is -1.88. The average Bonchev–Trinajstić information content (AvgIpc) is 2.65. The fourth-order valence-corrected chi connectivity index (χ4v) is 2.19. The van der Waals surface area contributed by atoms with Gasteiger partial charge in [-0.15, -0.1) is 0 Å². The molecule has 0 unspecified atom stereocenters. The summed E-state index contributed by atoms with van der Waals surface area (Å²) in [6.07, 6.45) is 3.34. The Morgan fingerprint density at radius 3 is 2.94 bits per heavy atom. The second-order valence-corrected chi connectivity index (χ2v) is 4.55. The number of pyridine rings is 1. The lowest BCUT2D eigenvalue weighted by molar-refractivity contribution is 1.00. The molecular formula is C12H8BrN3O. The van der Waals surface area contributed by atoms with Crippen LogP contribution in [0.2, 0.25) is 0 Å². The molecule has 0 fully saturated rings. The maximum atomic E-state index is 11.9. The molecule has 4 nitrogen and oxygen atoms in total. The Morgan fingerprint density at radius 1 is 1.29 bits per heavy atom. The minimum absolute atomic E-state index is 0.161. The standard InChI is InChI=1S/C12H8BrN3O/c13-8-3-4-11-10(6-8)15-12(17)16(11)9-2-1-5-14-7-9/h1-7H,(H,15,17). The van der Waals surface area contributed by atoms with E-state index >= 15 is 0 Å². The van der Waals surface area contributed by atoms with E-state index in [1.54, 1.807) is 23.0 Å². The van der Waals surface area contributed by atoms with E-state index in [2.05, 4.69) is 25.9 Å². The SMILES string of the molecule is O=c1[nH]c2cc(Br)ccc2n1-c1cccnc1. The number of hydrogen-bond donors (Lipinski definition) is 1. The summed E-state index contributed by atoms with van der Waals surface area (Å²) in [6, 6.07) is 9.33. The van der Waals surface area contributed by atoms with Crippen molar-refractivity contribution in [3.8, 4) is 5.69 Å². The number of aromatic amines is 1. The van der Waals surface area contributed by atoms with E-state index in [-0.39, 0.29) is 5.69 Å². The van der Waals surface area contributed by atoms with Crippen molar-refractivity contribution in [1.82, 2.24) is 14.5 Å². The van der Waals surface area contributed by atoms with Gasteiger partial charge >= 0.3 is 5.69 Å². The van der Waals surface area contributed by atoms with Gasteiger partial charge in [-0.25, -0.2) is 4.79 Å². The smallest absolute Gasteiger partial charge is 0.305 e. The lowest BCUT2D eigenvalue weighted by atomic mass is 10.3. The highest BCUT2D eigenvalue weighted by molar-refractivity contribution is 9.10. The Bertz CT molecular complexity index is 730. The number of nitrogens with zero attached hydrogens (tertiary/aromatic N) is 2. The lowest BCUT2D eigenvalue weighted by Crippen LogP contribution is -2.14. The Labute approximate surface area is 105 Å². The molecule has 0 aliphatic carbocycles. The third-order valence-electron chi connectivity index (χ3n) is 2.55. The van der Waals surface area contributed by atoms with E-state index < -0.39 is 0 Å². The van der Waals surface area contributed by atoms with Crippen molar-refractivity contribution in [3.63, 3.8) is 0 Å². The Balaban J connectivity index is 2.37. The molecule has 0 aliphatic rings. The van der Waals surface area contributed by atoms with Crippen molar-refractivity contribution in [2.24, 2.45) is 0 Å². The molecule has 0 bridgehead atoms. The van der Waals surface area contributed by atoms with E-state index in [1.165, 1.54) is 0 Å². The van der Waals surface area contributed by atoms with Gasteiger partial charge in [0, 0.05) is 10.7 Å². The Morgan fingerprint density at radius 2 is 2.18 bits per heavy atom. The van der Waals surface area contributed by atoms with Crippen LogP contribution in [0.3, 0.4) is 0 Å². The van der Waals surface area contributed by atoms with Crippen LogP contribution in [0.15, 0.2) is 52.0 Å². The van der Waals surface area contributed by atoms with Gasteiger partial charge in [-0.1, -0.05) is 15.9 Å². The zero-order valence-electron chi connectivity index (χ0n) is 8.72. The molecule has 0 radical (unpaired) electrons. The molecule has 84 valence electrons. The molecule has 3 aromatic rings. The largest absolute Gasteiger partial charge is 0.331 e. The van der Waals surface area contributed by atoms with Crippen LogP contribution in [-0.2, 0) is 0 Å². The van der Waals surface area contributed by atoms with Gasteiger partial charge in [-0.2, -0.15) is 0 Å². The van der Waals surface area contributed by atoms with Gasteiger partial charge in [-0.3, -0.25) is 9.55 Å². The van der Waals surface area contributed by atoms with E-state index in [1.807, 2.05) is 24.3 Å². The highest BCUT2D eigenvalue weighted by atomic mass is 79.9. The monoisotopic (exact) mass is 289 g/mol. The molecule has 0 spiro atoms. The maximum absolute atomic E-state index is 11.9. The van der Waals surface area contributed by atoms with Gasteiger partial charge in [0.05, 0.1) is 22.9 Å². The number of fused-ring (bicyclic) bond motifs is 1. The minimum atomic E-state index is -0.161. The fourth-order valence-electron chi connectivity index (χ4n) is 1.83. The number of nitrogens with one attached hydrogen (secondary N) is 1. The summed E-state index contributed by atoms with van der Waals surface area (Å²) in [5.74, 6) is 0. The van der Waals surface area contributed by atoms with E-state index in [0.29, 0.717) is 0 Å². The molecule has 0 amide bonds. The van der Waals surface area contributed by atoms with Crippen LogP contribution in [0.4, 0.5) is 0 Å². The van der Waals surface area contributed by atoms with Gasteiger partial charge in [0.1, 0.15) is 0 Å². The first-order valence-electron chi connectivity index (χ1n) is 5.06. The molecule has 0 saturated carbocycles. The van der Waals surface area contributed by atoms with E-state index in [0.717, 1.165) is 21.2 Å². The maximum Gasteiger partial charge on any atom is 0.331 e. The number of hydrogen-bond acceptors (Lipinski definition) is 2. The van der Waals surface area contributed by atoms with Crippen molar-refractivity contribution in [1.29, 1.82) is 0 Å². The molecule has 0 saturated heterocycles. The normalized spacial score (nSPS) is 10.9. The first kappa shape index (κ1) is 10.3. The number of aromatic nitrogens is 3. The molecule has 2 aromatic heterocycles. The third-order valence-corrected chi connectivity index (χ3v) is 3.04. The van der Waals surface area contributed by atoms with Gasteiger partial charge in [0.2, 0.25) is 0 Å². The van der Waals surface area contributed by atoms with E-state index in [4.69, 9.17) is 0 Å². The van der Waals surface area contributed by atoms with Gasteiger partial charge in [0.25, 0.3) is 0 Å². The molecule has 2 heterocycles. The lowest BCUT2D eigenvalue weighted by Gasteiger charge is -2.01. The predicted octanol–water partition coefficient (Wildman–Crippen LogP) is 2.48. The van der Waals surface area contributed by atoms with Gasteiger partial charge in [-0.05, 0) is 30.3 Å². The van der Waals surface area contributed by atoms with Crippen LogP contribution in [0.25, 0.3) is 16.7 Å². The third kappa shape index (κ3) is 1.68. The zero-order valence-corrected chi connectivity index (χ0v) is 10.3. The quantitative estimate of drug-likeness (QED) is 0.748. The van der Waals surface area contributed by atoms with Crippen molar-refractivity contribution in [3.05, 3.63) is 57.7 Å². The summed E-state index contributed by atoms with van der Waals surface area (Å²) < 4.78 is 2.54. The zero-order chi connectivity index (χ0) is 11.8. The molecule has 0 atom stereocenters. The van der Waals surface area contributed by atoms with Crippen LogP contribution >= 0.6 is 15.9 Å². The van der Waals surface area contributed by atoms with Crippen LogP contribution in [0.5, 0.6) is 0 Å². The summed E-state index contributed by atoms with van der Waals surface area (Å²) in [5.41, 5.74) is 2.23. The van der Waals surface area contributed by atoms with Crippen LogP contribution in [0.1, 0.15) is 0 Å². The molecular weight excluding hydrogens is 282 g/mol. The minimum Gasteiger partial charge on any atom is -0.305 e. The summed E-state index contributed by atoms with van der Waals surface area (Å²) in [4.78, 5) is 18.8. The second-order valence-electron chi connectivity index (χ2n) is 3.64. The van der Waals surface area contributed by atoms with Crippen molar-refractivity contribution < 1.29 is 0 Å². The average molecular weight is 290 g/mol. The number of imidazole rings is 1. The molecule has 3 rings (SSSR count). The highest BCUT2D eigenvalue weighted by Gasteiger charge is 2.08. The molecule has 1 aromatic carbocycles.